The number of nitrogens with two attached hydrogens (primary N) is 1. The lowest BCUT2D eigenvalue weighted by molar-refractivity contribution is 0.0365. The average molecular weight is 515 g/mol. The molecule has 10 nitrogen and oxygen atoms in total. The summed E-state index contributed by atoms with van der Waals surface area (Å²) in [4.78, 5) is 25.7. The van der Waals surface area contributed by atoms with E-state index in [0.29, 0.717) is 28.4 Å². The summed E-state index contributed by atoms with van der Waals surface area (Å²) >= 11 is 0. The number of rotatable bonds is 10. The molecule has 4 rings (SSSR count). The van der Waals surface area contributed by atoms with Gasteiger partial charge in [-0.25, -0.2) is 23.9 Å². The predicted molar refractivity (Wildman–Crippen MR) is 136 cm³/mol. The number of hydrogen-bond acceptors (Lipinski definition) is 8. The minimum atomic E-state index is -3.61. The van der Waals surface area contributed by atoms with Crippen LogP contribution in [0.2, 0.25) is 0 Å². The molecule has 0 unspecified atom stereocenters. The molecule has 12 heteroatoms. The zero-order chi connectivity index (χ0) is 25.9. The van der Waals surface area contributed by atoms with Crippen LogP contribution in [-0.4, -0.2) is 36.7 Å². The molecule has 2 heterocycles. The molecule has 1 amide bonds. The first-order valence-electron chi connectivity index (χ1n) is 11.5. The predicted octanol–water partition coefficient (Wildman–Crippen LogP) is 3.93. The maximum Gasteiger partial charge on any atom is 0.278 e. The van der Waals surface area contributed by atoms with Crippen molar-refractivity contribution in [1.29, 1.82) is 0 Å². The summed E-state index contributed by atoms with van der Waals surface area (Å²) in [6, 6.07) is 9.67. The van der Waals surface area contributed by atoms with Gasteiger partial charge in [0.1, 0.15) is 11.6 Å². The average Bonchev–Trinajstić information content (AvgIpc) is 3.70. The second-order valence-corrected chi connectivity index (χ2v) is 10.3. The van der Waals surface area contributed by atoms with Crippen LogP contribution < -0.4 is 21.3 Å². The molecule has 3 aromatic rings. The fraction of sp³-hybridized carbons (Fsp3) is 0.292. The molecule has 5 N–H and O–H groups in total. The normalized spacial score (nSPS) is 13.3. The van der Waals surface area contributed by atoms with Crippen molar-refractivity contribution in [2.45, 2.75) is 32.6 Å². The number of sulfonamides is 1. The van der Waals surface area contributed by atoms with Crippen LogP contribution in [0.4, 0.5) is 27.4 Å². The van der Waals surface area contributed by atoms with Crippen LogP contribution in [0.25, 0.3) is 11.1 Å². The van der Waals surface area contributed by atoms with Gasteiger partial charge in [-0.2, -0.15) is 4.39 Å². The van der Waals surface area contributed by atoms with E-state index in [9.17, 15) is 17.6 Å². The number of hydroxylamine groups is 1. The summed E-state index contributed by atoms with van der Waals surface area (Å²) in [5.74, 6) is -0.853. The second kappa shape index (κ2) is 10.5. The number of nitrogens with one attached hydrogen (secondary N) is 3. The van der Waals surface area contributed by atoms with Crippen LogP contribution in [-0.2, 0) is 14.9 Å². The molecule has 0 radical (unpaired) electrons. The quantitative estimate of drug-likeness (QED) is 0.235. The van der Waals surface area contributed by atoms with Crippen LogP contribution in [0, 0.1) is 5.95 Å². The van der Waals surface area contributed by atoms with E-state index in [1.807, 2.05) is 6.07 Å². The van der Waals surface area contributed by atoms with Crippen molar-refractivity contribution in [3.8, 4) is 11.1 Å². The molecular formula is C24H27FN6O4S. The highest BCUT2D eigenvalue weighted by Crippen LogP contribution is 2.44. The van der Waals surface area contributed by atoms with E-state index in [-0.39, 0.29) is 29.6 Å². The highest BCUT2D eigenvalue weighted by Gasteiger charge is 2.26. The van der Waals surface area contributed by atoms with Gasteiger partial charge in [0.25, 0.3) is 5.91 Å². The number of amides is 1. The lowest BCUT2D eigenvalue weighted by atomic mass is 9.98. The SMILES string of the molecule is CCONC(=O)c1cc(-c2ccc(C3CC3)cc2NS(=O)(=O)CC)c(Nc2ccc(F)nc2)nc1N. The zero-order valence-corrected chi connectivity index (χ0v) is 20.7. The maximum absolute atomic E-state index is 13.3. The number of nitrogen functional groups attached to an aromatic ring is 1. The Morgan fingerprint density at radius 3 is 2.58 bits per heavy atom. The fourth-order valence-electron chi connectivity index (χ4n) is 3.58. The third-order valence-electron chi connectivity index (χ3n) is 5.62. The highest BCUT2D eigenvalue weighted by atomic mass is 32.2. The van der Waals surface area contributed by atoms with Crippen molar-refractivity contribution in [2.75, 3.05) is 28.1 Å². The number of anilines is 4. The third-order valence-corrected chi connectivity index (χ3v) is 6.92. The molecule has 0 atom stereocenters. The van der Waals surface area contributed by atoms with Crippen molar-refractivity contribution in [3.05, 3.63) is 59.7 Å². The maximum atomic E-state index is 13.3. The lowest BCUT2D eigenvalue weighted by Gasteiger charge is -2.19. The minimum Gasteiger partial charge on any atom is -0.383 e. The molecule has 0 spiro atoms. The molecule has 1 aromatic carbocycles. The molecule has 1 aliphatic carbocycles. The van der Waals surface area contributed by atoms with Gasteiger partial charge in [0.05, 0.1) is 35.5 Å². The topological polar surface area (TPSA) is 148 Å². The molecule has 2 aromatic heterocycles. The first kappa shape index (κ1) is 25.3. The Labute approximate surface area is 208 Å². The summed E-state index contributed by atoms with van der Waals surface area (Å²) in [5, 5.41) is 3.04. The standard InChI is InChI=1S/C24H27FN6O4S/c1-3-35-30-24(32)19-12-18(23(29-22(19)26)28-16-8-10-21(25)27-13-16)17-9-7-15(14-5-6-14)11-20(17)31-36(33,34)4-2/h7-14,31H,3-6H2,1-2H3,(H,30,32)(H3,26,28,29). The fourth-order valence-corrected chi connectivity index (χ4v) is 4.23. The van der Waals surface area contributed by atoms with E-state index < -0.39 is 21.9 Å². The molecule has 1 fully saturated rings. The number of aromatic nitrogens is 2. The number of hydrogen-bond donors (Lipinski definition) is 4. The number of carbonyl (C=O) groups excluding carboxylic acids is 1. The Bertz CT molecular complexity index is 1380. The van der Waals surface area contributed by atoms with E-state index in [1.54, 1.807) is 26.0 Å². The van der Waals surface area contributed by atoms with Gasteiger partial charge in [-0.1, -0.05) is 12.1 Å². The van der Waals surface area contributed by atoms with Crippen LogP contribution in [0.5, 0.6) is 0 Å². The number of pyridine rings is 2. The van der Waals surface area contributed by atoms with E-state index in [0.717, 1.165) is 18.4 Å². The lowest BCUT2D eigenvalue weighted by Crippen LogP contribution is -2.25. The summed E-state index contributed by atoms with van der Waals surface area (Å²) < 4.78 is 41.0. The molecule has 1 saturated carbocycles. The number of benzene rings is 1. The van der Waals surface area contributed by atoms with Gasteiger partial charge >= 0.3 is 0 Å². The van der Waals surface area contributed by atoms with Gasteiger partial charge in [0.2, 0.25) is 16.0 Å². The summed E-state index contributed by atoms with van der Waals surface area (Å²) in [5.41, 5.74) is 11.1. The Morgan fingerprint density at radius 1 is 1.17 bits per heavy atom. The van der Waals surface area contributed by atoms with E-state index in [4.69, 9.17) is 10.6 Å². The van der Waals surface area contributed by atoms with Gasteiger partial charge < -0.3 is 11.1 Å². The molecule has 36 heavy (non-hydrogen) atoms. The molecule has 0 bridgehead atoms. The van der Waals surface area contributed by atoms with Crippen molar-refractivity contribution < 1.29 is 22.4 Å². The van der Waals surface area contributed by atoms with Crippen molar-refractivity contribution in [3.63, 3.8) is 0 Å². The molecule has 190 valence electrons. The first-order chi connectivity index (χ1) is 17.2. The minimum absolute atomic E-state index is 0.0387. The number of halogens is 1. The monoisotopic (exact) mass is 514 g/mol. The van der Waals surface area contributed by atoms with Gasteiger partial charge in [-0.3, -0.25) is 14.4 Å². The number of nitrogens with zero attached hydrogens (tertiary/aromatic N) is 2. The third kappa shape index (κ3) is 5.89. The van der Waals surface area contributed by atoms with Crippen LogP contribution in [0.1, 0.15) is 48.5 Å². The smallest absolute Gasteiger partial charge is 0.278 e. The number of carbonyl (C=O) groups is 1. The summed E-state index contributed by atoms with van der Waals surface area (Å²) in [6.07, 6.45) is 3.35. The largest absolute Gasteiger partial charge is 0.383 e. The van der Waals surface area contributed by atoms with Gasteiger partial charge in [-0.15, -0.1) is 0 Å². The Balaban J connectivity index is 1.87. The Morgan fingerprint density at radius 2 is 1.94 bits per heavy atom. The second-order valence-electron chi connectivity index (χ2n) is 8.26. The Hall–Kier alpha value is -3.77. The van der Waals surface area contributed by atoms with Crippen LogP contribution in [0.3, 0.4) is 0 Å². The molecule has 0 saturated heterocycles. The van der Waals surface area contributed by atoms with Gasteiger partial charge in [-0.05, 0) is 62.4 Å². The summed E-state index contributed by atoms with van der Waals surface area (Å²) in [7, 11) is -3.61. The van der Waals surface area contributed by atoms with Gasteiger partial charge in [0.15, 0.2) is 0 Å². The van der Waals surface area contributed by atoms with Gasteiger partial charge in [0, 0.05) is 11.1 Å². The molecule has 1 aliphatic rings. The molecule has 0 aliphatic heterocycles. The van der Waals surface area contributed by atoms with Crippen molar-refractivity contribution in [1.82, 2.24) is 15.4 Å². The summed E-state index contributed by atoms with van der Waals surface area (Å²) in [6.45, 7) is 3.50. The van der Waals surface area contributed by atoms with Crippen molar-refractivity contribution >= 4 is 38.9 Å². The van der Waals surface area contributed by atoms with E-state index >= 15 is 0 Å². The van der Waals surface area contributed by atoms with E-state index in [2.05, 4.69) is 25.5 Å². The van der Waals surface area contributed by atoms with E-state index in [1.165, 1.54) is 24.4 Å². The Kier molecular flexibility index (Phi) is 7.36. The highest BCUT2D eigenvalue weighted by molar-refractivity contribution is 7.92. The molecular weight excluding hydrogens is 487 g/mol. The van der Waals surface area contributed by atoms with Crippen LogP contribution in [0.15, 0.2) is 42.6 Å². The van der Waals surface area contributed by atoms with Crippen LogP contribution >= 0.6 is 0 Å². The zero-order valence-electron chi connectivity index (χ0n) is 19.8. The van der Waals surface area contributed by atoms with Crippen molar-refractivity contribution in [2.24, 2.45) is 0 Å². The first-order valence-corrected chi connectivity index (χ1v) is 13.1.